The minimum Gasteiger partial charge on any atom is -0.379 e. The highest BCUT2D eigenvalue weighted by Crippen LogP contribution is 2.23. The normalized spacial score (nSPS) is 15.0. The van der Waals surface area contributed by atoms with Crippen molar-refractivity contribution in [2.24, 2.45) is 0 Å². The van der Waals surface area contributed by atoms with Gasteiger partial charge in [-0.1, -0.05) is 36.4 Å². The molecule has 9 heteroatoms. The number of aromatic nitrogens is 1. The van der Waals surface area contributed by atoms with Crippen LogP contribution >= 0.6 is 0 Å². The summed E-state index contributed by atoms with van der Waals surface area (Å²) < 4.78 is 32.1. The highest BCUT2D eigenvalue weighted by Gasteiger charge is 2.27. The lowest BCUT2D eigenvalue weighted by Gasteiger charge is -2.25. The number of anilines is 2. The predicted molar refractivity (Wildman–Crippen MR) is 118 cm³/mol. The van der Waals surface area contributed by atoms with E-state index in [0.29, 0.717) is 32.1 Å². The number of H-pyrrole nitrogens is 1. The first-order chi connectivity index (χ1) is 14.9. The van der Waals surface area contributed by atoms with Crippen molar-refractivity contribution in [3.05, 3.63) is 60.8 Å². The van der Waals surface area contributed by atoms with E-state index in [1.165, 1.54) is 10.5 Å². The van der Waals surface area contributed by atoms with Crippen molar-refractivity contribution >= 4 is 38.2 Å². The fourth-order valence-corrected chi connectivity index (χ4v) is 4.94. The zero-order valence-electron chi connectivity index (χ0n) is 17.2. The number of pyridine rings is 1. The number of carbonyl (C=O) groups is 1. The molecule has 162 valence electrons. The Labute approximate surface area is 181 Å². The van der Waals surface area contributed by atoms with Crippen molar-refractivity contribution in [2.45, 2.75) is 4.90 Å². The summed E-state index contributed by atoms with van der Waals surface area (Å²) in [4.78, 5) is 17.5. The summed E-state index contributed by atoms with van der Waals surface area (Å²) in [6, 6.07) is 16.9. The van der Waals surface area contributed by atoms with Gasteiger partial charge in [-0.15, -0.1) is 0 Å². The van der Waals surface area contributed by atoms with E-state index in [-0.39, 0.29) is 17.3 Å². The van der Waals surface area contributed by atoms with Gasteiger partial charge in [-0.25, -0.2) is 13.4 Å². The monoisotopic (exact) mass is 441 g/mol. The number of sulfonamides is 1. The second kappa shape index (κ2) is 9.01. The molecule has 1 aromatic heterocycles. The van der Waals surface area contributed by atoms with E-state index >= 15 is 0 Å². The molecule has 2 aromatic carbocycles. The molecule has 4 rings (SSSR count). The number of carbonyl (C=O) groups excluding carboxylic acids is 1. The third kappa shape index (κ3) is 4.68. The van der Waals surface area contributed by atoms with Crippen LogP contribution in [0, 0.1) is 0 Å². The molecule has 1 amide bonds. The number of fused-ring (bicyclic) bond motifs is 1. The summed E-state index contributed by atoms with van der Waals surface area (Å²) in [6.45, 7) is 1.59. The Balaban J connectivity index is 1.42. The van der Waals surface area contributed by atoms with Gasteiger partial charge in [-0.05, 0) is 17.5 Å². The molecule has 0 unspecified atom stereocenters. The number of hydrogen-bond donors (Lipinski definition) is 1. The van der Waals surface area contributed by atoms with Gasteiger partial charge in [0.05, 0.1) is 20.3 Å². The third-order valence-corrected chi connectivity index (χ3v) is 7.13. The molecule has 8 nitrogen and oxygen atoms in total. The lowest BCUT2D eigenvalue weighted by molar-refractivity contribution is -0.366. The van der Waals surface area contributed by atoms with Gasteiger partial charge in [-0.3, -0.25) is 9.69 Å². The molecule has 1 aliphatic heterocycles. The van der Waals surface area contributed by atoms with E-state index in [0.717, 1.165) is 16.5 Å². The summed E-state index contributed by atoms with van der Waals surface area (Å²) in [5.41, 5.74) is 0.757. The fourth-order valence-electron chi connectivity index (χ4n) is 3.56. The van der Waals surface area contributed by atoms with Crippen molar-refractivity contribution in [3.8, 4) is 0 Å². The second-order valence-corrected chi connectivity index (χ2v) is 9.29. The van der Waals surface area contributed by atoms with Crippen LogP contribution in [-0.2, 0) is 19.6 Å². The average Bonchev–Trinajstić information content (AvgIpc) is 2.80. The topological polar surface area (TPSA) is 93.1 Å². The minimum atomic E-state index is -3.56. The quantitative estimate of drug-likeness (QED) is 0.629. The SMILES string of the molecule is CN(CC(=O)Nc1cccc2ccccc12)c1ccc(S(=O)(=O)N2CCOCC2)c[nH+]1. The molecule has 0 radical (unpaired) electrons. The Bertz CT molecular complexity index is 1170. The number of amides is 1. The summed E-state index contributed by atoms with van der Waals surface area (Å²) in [7, 11) is -1.80. The lowest BCUT2D eigenvalue weighted by Crippen LogP contribution is -2.41. The predicted octanol–water partition coefficient (Wildman–Crippen LogP) is 1.75. The van der Waals surface area contributed by atoms with Crippen molar-refractivity contribution in [1.82, 2.24) is 4.31 Å². The molecule has 2 heterocycles. The van der Waals surface area contributed by atoms with Crippen LogP contribution in [0.5, 0.6) is 0 Å². The Morgan fingerprint density at radius 2 is 1.84 bits per heavy atom. The van der Waals surface area contributed by atoms with Gasteiger partial charge < -0.3 is 10.1 Å². The molecule has 2 N–H and O–H groups in total. The second-order valence-electron chi connectivity index (χ2n) is 7.36. The molecule has 1 fully saturated rings. The van der Waals surface area contributed by atoms with Crippen LogP contribution in [0.15, 0.2) is 65.7 Å². The van der Waals surface area contributed by atoms with Crippen LogP contribution in [0.1, 0.15) is 0 Å². The standard InChI is InChI=1S/C22H24N4O4S/c1-25(16-22(27)24-20-8-4-6-17-5-2-3-7-19(17)20)21-10-9-18(15-23-21)31(28,29)26-11-13-30-14-12-26/h2-10,15H,11-14,16H2,1H3,(H,24,27)/p+1. The number of nitrogens with one attached hydrogen (secondary N) is 2. The maximum atomic E-state index is 12.7. The summed E-state index contributed by atoms with van der Waals surface area (Å²) in [5, 5.41) is 4.99. The van der Waals surface area contributed by atoms with Crippen molar-refractivity contribution in [3.63, 3.8) is 0 Å². The first kappa shape index (κ1) is 21.2. The molecule has 0 aliphatic carbocycles. The molecule has 1 saturated heterocycles. The van der Waals surface area contributed by atoms with Crippen LogP contribution < -0.4 is 15.2 Å². The van der Waals surface area contributed by atoms with Crippen molar-refractivity contribution in [2.75, 3.05) is 50.1 Å². The number of ether oxygens (including phenoxy) is 1. The van der Waals surface area contributed by atoms with Gasteiger partial charge in [0.15, 0.2) is 6.54 Å². The third-order valence-electron chi connectivity index (χ3n) is 5.23. The number of benzene rings is 2. The molecule has 0 saturated carbocycles. The fraction of sp³-hybridized carbons (Fsp3) is 0.273. The molecular formula is C22H25N4O4S+. The van der Waals surface area contributed by atoms with Gasteiger partial charge in [0, 0.05) is 30.2 Å². The number of rotatable bonds is 6. The van der Waals surface area contributed by atoms with Crippen LogP contribution in [0.4, 0.5) is 11.5 Å². The number of aromatic amines is 1. The highest BCUT2D eigenvalue weighted by molar-refractivity contribution is 7.89. The molecule has 1 aliphatic rings. The van der Waals surface area contributed by atoms with Gasteiger partial charge in [0.2, 0.25) is 10.0 Å². The molecule has 31 heavy (non-hydrogen) atoms. The van der Waals surface area contributed by atoms with Gasteiger partial charge in [0.1, 0.15) is 11.1 Å². The van der Waals surface area contributed by atoms with Crippen LogP contribution in [0.2, 0.25) is 0 Å². The van der Waals surface area contributed by atoms with Gasteiger partial charge in [-0.2, -0.15) is 4.31 Å². The Kier molecular flexibility index (Phi) is 6.17. The zero-order chi connectivity index (χ0) is 21.8. The van der Waals surface area contributed by atoms with Crippen LogP contribution in [-0.4, -0.2) is 58.5 Å². The average molecular weight is 442 g/mol. The first-order valence-corrected chi connectivity index (χ1v) is 11.5. The molecular weight excluding hydrogens is 416 g/mol. The van der Waals surface area contributed by atoms with Crippen molar-refractivity contribution < 1.29 is 22.9 Å². The number of morpholine rings is 1. The van der Waals surface area contributed by atoms with E-state index in [1.54, 1.807) is 24.1 Å². The van der Waals surface area contributed by atoms with Crippen LogP contribution in [0.25, 0.3) is 10.8 Å². The molecule has 3 aromatic rings. The lowest BCUT2D eigenvalue weighted by atomic mass is 10.1. The van der Waals surface area contributed by atoms with E-state index in [9.17, 15) is 13.2 Å². The van der Waals surface area contributed by atoms with E-state index in [4.69, 9.17) is 4.74 Å². The summed E-state index contributed by atoms with van der Waals surface area (Å²) >= 11 is 0. The maximum Gasteiger partial charge on any atom is 0.274 e. The maximum absolute atomic E-state index is 12.7. The Morgan fingerprint density at radius 3 is 2.58 bits per heavy atom. The summed E-state index contributed by atoms with van der Waals surface area (Å²) in [5.74, 6) is 0.464. The van der Waals surface area contributed by atoms with Gasteiger partial charge >= 0.3 is 0 Å². The number of hydrogen-bond acceptors (Lipinski definition) is 5. The first-order valence-electron chi connectivity index (χ1n) is 10.0. The largest absolute Gasteiger partial charge is 0.379 e. The Hall–Kier alpha value is -3.01. The minimum absolute atomic E-state index is 0.106. The van der Waals surface area contributed by atoms with Gasteiger partial charge in [0.25, 0.3) is 11.7 Å². The smallest absolute Gasteiger partial charge is 0.274 e. The molecule has 0 spiro atoms. The number of likely N-dealkylation sites (N-methyl/N-ethyl adjacent to an activating group) is 1. The Morgan fingerprint density at radius 1 is 1.10 bits per heavy atom. The van der Waals surface area contributed by atoms with E-state index < -0.39 is 10.0 Å². The highest BCUT2D eigenvalue weighted by atomic mass is 32.2. The van der Waals surface area contributed by atoms with E-state index in [2.05, 4.69) is 10.3 Å². The van der Waals surface area contributed by atoms with Crippen LogP contribution in [0.3, 0.4) is 0 Å². The zero-order valence-corrected chi connectivity index (χ0v) is 18.1. The number of nitrogens with zero attached hydrogens (tertiary/aromatic N) is 2. The van der Waals surface area contributed by atoms with E-state index in [1.807, 2.05) is 42.5 Å². The summed E-state index contributed by atoms with van der Waals surface area (Å²) in [6.07, 6.45) is 1.46. The molecule has 0 bridgehead atoms. The van der Waals surface area contributed by atoms with Crippen molar-refractivity contribution in [1.29, 1.82) is 0 Å². The molecule has 0 atom stereocenters.